The minimum atomic E-state index is -4.53. The maximum atomic E-state index is 12.9. The SMILES string of the molecule is CC(C)(C)[S@](=O)N[C@H]1CCCc2nc(-c3ccnc(C(F)(F)F)c3)oc21. The predicted molar refractivity (Wildman–Crippen MR) is 91.4 cm³/mol. The number of aromatic nitrogens is 2. The summed E-state index contributed by atoms with van der Waals surface area (Å²) < 4.78 is 59.4. The number of hydrogen-bond acceptors (Lipinski definition) is 4. The molecule has 0 aromatic carbocycles. The number of pyridine rings is 1. The lowest BCUT2D eigenvalue weighted by atomic mass is 9.98. The summed E-state index contributed by atoms with van der Waals surface area (Å²) in [5, 5.41) is 0. The molecular formula is C17H20F3N3O2S. The van der Waals surface area contributed by atoms with E-state index in [0.717, 1.165) is 25.1 Å². The number of halogens is 3. The van der Waals surface area contributed by atoms with Crippen molar-refractivity contribution in [2.75, 3.05) is 0 Å². The minimum Gasteiger partial charge on any atom is -0.439 e. The first kappa shape index (κ1) is 19.0. The van der Waals surface area contributed by atoms with Crippen LogP contribution < -0.4 is 4.72 Å². The largest absolute Gasteiger partial charge is 0.439 e. The van der Waals surface area contributed by atoms with Crippen molar-refractivity contribution in [3.8, 4) is 11.5 Å². The predicted octanol–water partition coefficient (Wildman–Crippen LogP) is 4.18. The number of rotatable bonds is 3. The lowest BCUT2D eigenvalue weighted by molar-refractivity contribution is -0.141. The zero-order valence-corrected chi connectivity index (χ0v) is 15.5. The highest BCUT2D eigenvalue weighted by Gasteiger charge is 2.34. The zero-order chi connectivity index (χ0) is 19.1. The van der Waals surface area contributed by atoms with Gasteiger partial charge in [0.05, 0.1) is 27.5 Å². The van der Waals surface area contributed by atoms with Crippen molar-refractivity contribution in [2.45, 2.75) is 57.0 Å². The van der Waals surface area contributed by atoms with Crippen LogP contribution in [0, 0.1) is 0 Å². The highest BCUT2D eigenvalue weighted by Crippen LogP contribution is 2.35. The second-order valence-corrected chi connectivity index (χ2v) is 9.20. The number of aryl methyl sites for hydroxylation is 1. The molecule has 9 heteroatoms. The molecule has 2 aromatic heterocycles. The van der Waals surface area contributed by atoms with Crippen LogP contribution in [0.3, 0.4) is 0 Å². The Labute approximate surface area is 152 Å². The summed E-state index contributed by atoms with van der Waals surface area (Å²) >= 11 is 0. The van der Waals surface area contributed by atoms with Crippen molar-refractivity contribution in [3.05, 3.63) is 35.5 Å². The van der Waals surface area contributed by atoms with Crippen LogP contribution in [0.25, 0.3) is 11.5 Å². The summed E-state index contributed by atoms with van der Waals surface area (Å²) in [4.78, 5) is 7.72. The third-order valence-electron chi connectivity index (χ3n) is 4.05. The van der Waals surface area contributed by atoms with E-state index in [9.17, 15) is 17.4 Å². The molecule has 0 saturated carbocycles. The normalized spacial score (nSPS) is 19.2. The van der Waals surface area contributed by atoms with E-state index in [4.69, 9.17) is 4.42 Å². The fourth-order valence-corrected chi connectivity index (χ4v) is 3.52. The number of nitrogens with zero attached hydrogens (tertiary/aromatic N) is 2. The second kappa shape index (κ2) is 6.77. The molecule has 2 atom stereocenters. The fourth-order valence-electron chi connectivity index (χ4n) is 2.68. The molecular weight excluding hydrogens is 367 g/mol. The average molecular weight is 387 g/mol. The molecule has 3 rings (SSSR count). The van der Waals surface area contributed by atoms with Gasteiger partial charge >= 0.3 is 6.18 Å². The van der Waals surface area contributed by atoms with E-state index >= 15 is 0 Å². The molecule has 1 N–H and O–H groups in total. The van der Waals surface area contributed by atoms with Crippen molar-refractivity contribution in [1.82, 2.24) is 14.7 Å². The molecule has 0 bridgehead atoms. The third-order valence-corrected chi connectivity index (χ3v) is 5.66. The summed E-state index contributed by atoms with van der Waals surface area (Å²) in [6.07, 6.45) is -1.20. The van der Waals surface area contributed by atoms with Crippen molar-refractivity contribution >= 4 is 11.0 Å². The van der Waals surface area contributed by atoms with Crippen LogP contribution >= 0.6 is 0 Å². The van der Waals surface area contributed by atoms with Crippen molar-refractivity contribution in [1.29, 1.82) is 0 Å². The first-order chi connectivity index (χ1) is 12.1. The Morgan fingerprint density at radius 1 is 1.31 bits per heavy atom. The number of alkyl halides is 3. The van der Waals surface area contributed by atoms with Gasteiger partial charge in [-0.15, -0.1) is 0 Å². The quantitative estimate of drug-likeness (QED) is 0.858. The van der Waals surface area contributed by atoms with Crippen LogP contribution in [0.5, 0.6) is 0 Å². The summed E-state index contributed by atoms with van der Waals surface area (Å²) in [5.41, 5.74) is -0.0767. The maximum absolute atomic E-state index is 12.9. The van der Waals surface area contributed by atoms with E-state index < -0.39 is 27.6 Å². The van der Waals surface area contributed by atoms with Crippen molar-refractivity contribution in [2.24, 2.45) is 0 Å². The molecule has 0 spiro atoms. The lowest BCUT2D eigenvalue weighted by Crippen LogP contribution is -2.36. The van der Waals surface area contributed by atoms with E-state index in [1.54, 1.807) is 0 Å². The Morgan fingerprint density at radius 2 is 2.04 bits per heavy atom. The molecule has 0 radical (unpaired) electrons. The highest BCUT2D eigenvalue weighted by molar-refractivity contribution is 7.84. The van der Waals surface area contributed by atoms with Gasteiger partial charge in [-0.25, -0.2) is 13.9 Å². The van der Waals surface area contributed by atoms with Gasteiger partial charge in [0.1, 0.15) is 11.5 Å². The molecule has 1 aliphatic rings. The number of nitrogens with one attached hydrogen (secondary N) is 1. The first-order valence-electron chi connectivity index (χ1n) is 8.27. The van der Waals surface area contributed by atoms with Gasteiger partial charge in [-0.3, -0.25) is 4.98 Å². The van der Waals surface area contributed by atoms with Gasteiger partial charge in [-0.2, -0.15) is 13.2 Å². The van der Waals surface area contributed by atoms with Crippen LogP contribution in [0.1, 0.15) is 56.8 Å². The Bertz CT molecular complexity index is 827. The van der Waals surface area contributed by atoms with Crippen LogP contribution in [0.4, 0.5) is 13.2 Å². The summed E-state index contributed by atoms with van der Waals surface area (Å²) in [6.45, 7) is 5.59. The standard InChI is InChI=1S/C17H20F3N3O2S/c1-16(2,3)26(24)23-12-6-4-5-11-14(12)25-15(22-11)10-7-8-21-13(9-10)17(18,19)20/h7-9,12,23H,4-6H2,1-3H3/t12-,26-/m0/s1. The van der Waals surface area contributed by atoms with E-state index in [1.165, 1.54) is 6.07 Å². The van der Waals surface area contributed by atoms with Gasteiger partial charge in [0.15, 0.2) is 0 Å². The molecule has 0 amide bonds. The molecule has 1 aliphatic carbocycles. The smallest absolute Gasteiger partial charge is 0.433 e. The lowest BCUT2D eigenvalue weighted by Gasteiger charge is -2.25. The molecule has 0 saturated heterocycles. The Balaban J connectivity index is 1.91. The summed E-state index contributed by atoms with van der Waals surface area (Å²) in [7, 11) is -1.29. The molecule has 0 unspecified atom stereocenters. The van der Waals surface area contributed by atoms with Crippen molar-refractivity contribution < 1.29 is 21.8 Å². The summed E-state index contributed by atoms with van der Waals surface area (Å²) in [6, 6.07) is 2.08. The van der Waals surface area contributed by atoms with Crippen LogP contribution in [-0.4, -0.2) is 18.9 Å². The van der Waals surface area contributed by atoms with Crippen LogP contribution in [-0.2, 0) is 23.6 Å². The van der Waals surface area contributed by atoms with Crippen molar-refractivity contribution in [3.63, 3.8) is 0 Å². The zero-order valence-electron chi connectivity index (χ0n) is 14.7. The van der Waals surface area contributed by atoms with E-state index in [0.29, 0.717) is 17.9 Å². The highest BCUT2D eigenvalue weighted by atomic mass is 32.2. The van der Waals surface area contributed by atoms with Gasteiger partial charge in [0.2, 0.25) is 5.89 Å². The fraction of sp³-hybridized carbons (Fsp3) is 0.529. The molecule has 142 valence electrons. The monoisotopic (exact) mass is 387 g/mol. The Morgan fingerprint density at radius 3 is 2.69 bits per heavy atom. The third kappa shape index (κ3) is 3.98. The van der Waals surface area contributed by atoms with E-state index in [-0.39, 0.29) is 17.5 Å². The van der Waals surface area contributed by atoms with Gasteiger partial charge < -0.3 is 4.42 Å². The van der Waals surface area contributed by atoms with Crippen LogP contribution in [0.2, 0.25) is 0 Å². The average Bonchev–Trinajstić information content (AvgIpc) is 2.98. The Hall–Kier alpha value is -1.74. The van der Waals surface area contributed by atoms with Gasteiger partial charge in [-0.1, -0.05) is 0 Å². The molecule has 2 aromatic rings. The van der Waals surface area contributed by atoms with Gasteiger partial charge in [-0.05, 0) is 52.2 Å². The van der Waals surface area contributed by atoms with Crippen LogP contribution in [0.15, 0.2) is 22.7 Å². The first-order valence-corrected chi connectivity index (χ1v) is 9.42. The minimum absolute atomic E-state index is 0.123. The molecule has 26 heavy (non-hydrogen) atoms. The molecule has 2 heterocycles. The molecule has 0 fully saturated rings. The summed E-state index contributed by atoms with van der Waals surface area (Å²) in [5.74, 6) is 0.673. The Kier molecular flexibility index (Phi) is 4.96. The topological polar surface area (TPSA) is 68.0 Å². The number of oxazole rings is 1. The molecule has 5 nitrogen and oxygen atoms in total. The van der Waals surface area contributed by atoms with E-state index in [2.05, 4.69) is 14.7 Å². The van der Waals surface area contributed by atoms with Gasteiger partial charge in [0.25, 0.3) is 0 Å². The second-order valence-electron chi connectivity index (χ2n) is 7.20. The van der Waals surface area contributed by atoms with E-state index in [1.807, 2.05) is 20.8 Å². The van der Waals surface area contributed by atoms with Gasteiger partial charge in [0, 0.05) is 11.8 Å². The maximum Gasteiger partial charge on any atom is 0.433 e. The number of fused-ring (bicyclic) bond motifs is 1. The molecule has 0 aliphatic heterocycles. The number of hydrogen-bond donors (Lipinski definition) is 1.